The van der Waals surface area contributed by atoms with Gasteiger partial charge in [-0.3, -0.25) is 0 Å². The van der Waals surface area contributed by atoms with Crippen LogP contribution < -0.4 is 10.1 Å². The number of rotatable bonds is 0. The van der Waals surface area contributed by atoms with Crippen LogP contribution in [0, 0.1) is 0 Å². The van der Waals surface area contributed by atoms with Gasteiger partial charge in [-0.15, -0.1) is 0 Å². The third-order valence-corrected chi connectivity index (χ3v) is 4.55. The van der Waals surface area contributed by atoms with Gasteiger partial charge >= 0.3 is 0 Å². The molecule has 4 rings (SSSR count). The van der Waals surface area contributed by atoms with Crippen LogP contribution in [0.25, 0.3) is 0 Å². The van der Waals surface area contributed by atoms with E-state index in [-0.39, 0.29) is 23.3 Å². The molecule has 2 aliphatic rings. The summed E-state index contributed by atoms with van der Waals surface area (Å²) in [4.78, 5) is 0. The smallest absolute Gasteiger partial charge is 0.161 e. The number of halogens is 1. The summed E-state index contributed by atoms with van der Waals surface area (Å²) in [6.45, 7) is 1.64. The first-order valence-corrected chi connectivity index (χ1v) is 7.25. The van der Waals surface area contributed by atoms with Crippen LogP contribution in [0.5, 0.6) is 23.0 Å². The molecule has 2 heterocycles. The Bertz CT molecular complexity index is 732. The Morgan fingerprint density at radius 3 is 2.38 bits per heavy atom. The Labute approximate surface area is 126 Å². The maximum absolute atomic E-state index is 9.80. The predicted octanol–water partition coefficient (Wildman–Crippen LogP) is 3.33. The third-order valence-electron chi connectivity index (χ3n) is 4.31. The molecule has 2 aromatic carbocycles. The fourth-order valence-corrected chi connectivity index (χ4v) is 3.49. The molecule has 0 saturated carbocycles. The Balaban J connectivity index is 1.95. The molecule has 0 radical (unpaired) electrons. The van der Waals surface area contributed by atoms with Gasteiger partial charge in [-0.2, -0.15) is 0 Å². The lowest BCUT2D eigenvalue weighted by molar-refractivity contribution is 0.396. The molecule has 0 unspecified atom stereocenters. The van der Waals surface area contributed by atoms with E-state index in [1.165, 1.54) is 6.07 Å². The average molecular weight is 304 g/mol. The number of aromatic hydroxyl groups is 2. The van der Waals surface area contributed by atoms with Gasteiger partial charge in [0, 0.05) is 47.1 Å². The molecule has 0 spiro atoms. The minimum absolute atomic E-state index is 0.119. The molecule has 3 N–H and O–H groups in total. The van der Waals surface area contributed by atoms with Gasteiger partial charge in [-0.05, 0) is 24.3 Å². The molecule has 1 fully saturated rings. The lowest BCUT2D eigenvalue weighted by atomic mass is 9.84. The SMILES string of the molecule is Oc1cc2c(cc1O)[C@H]1CNC[C@@H]1c1cc(Cl)ccc1O2. The van der Waals surface area contributed by atoms with Crippen molar-refractivity contribution in [3.63, 3.8) is 0 Å². The first kappa shape index (κ1) is 12.8. The van der Waals surface area contributed by atoms with Crippen LogP contribution in [0.2, 0.25) is 5.02 Å². The minimum atomic E-state index is -0.173. The maximum atomic E-state index is 9.80. The van der Waals surface area contributed by atoms with Gasteiger partial charge in [0.25, 0.3) is 0 Å². The van der Waals surface area contributed by atoms with Crippen LogP contribution >= 0.6 is 11.6 Å². The third kappa shape index (κ3) is 1.94. The summed E-state index contributed by atoms with van der Waals surface area (Å²) in [6, 6.07) is 8.66. The highest BCUT2D eigenvalue weighted by Gasteiger charge is 2.36. The van der Waals surface area contributed by atoms with Crippen LogP contribution in [-0.4, -0.2) is 23.3 Å². The van der Waals surface area contributed by atoms with Crippen LogP contribution in [0.1, 0.15) is 23.0 Å². The molecule has 0 bridgehead atoms. The van der Waals surface area contributed by atoms with Gasteiger partial charge in [0.2, 0.25) is 0 Å². The molecule has 2 aromatic rings. The quantitative estimate of drug-likeness (QED) is 0.653. The number of ether oxygens (including phenoxy) is 1. The number of fused-ring (bicyclic) bond motifs is 5. The van der Waals surface area contributed by atoms with Gasteiger partial charge in [0.15, 0.2) is 11.5 Å². The highest BCUT2D eigenvalue weighted by molar-refractivity contribution is 6.30. The van der Waals surface area contributed by atoms with E-state index in [4.69, 9.17) is 16.3 Å². The fraction of sp³-hybridized carbons (Fsp3) is 0.250. The zero-order chi connectivity index (χ0) is 14.6. The van der Waals surface area contributed by atoms with Crippen molar-refractivity contribution in [3.8, 4) is 23.0 Å². The standard InChI is InChI=1S/C16H14ClNO3/c17-8-1-2-15-9(3-8)11-6-18-7-12(11)10-4-13(19)14(20)5-16(10)21-15/h1-5,11-12,18-20H,6-7H2/t11-,12-/m1/s1. The fourth-order valence-electron chi connectivity index (χ4n) is 3.30. The molecule has 0 aliphatic carbocycles. The maximum Gasteiger partial charge on any atom is 0.161 e. The molecule has 2 atom stereocenters. The molecule has 108 valence electrons. The predicted molar refractivity (Wildman–Crippen MR) is 79.6 cm³/mol. The molecular weight excluding hydrogens is 290 g/mol. The zero-order valence-electron chi connectivity index (χ0n) is 11.1. The normalized spacial score (nSPS) is 22.7. The highest BCUT2D eigenvalue weighted by atomic mass is 35.5. The number of phenolic OH excluding ortho intramolecular Hbond substituents is 2. The number of nitrogens with one attached hydrogen (secondary N) is 1. The van der Waals surface area contributed by atoms with Crippen LogP contribution in [0.3, 0.4) is 0 Å². The minimum Gasteiger partial charge on any atom is -0.504 e. The van der Waals surface area contributed by atoms with Crippen molar-refractivity contribution < 1.29 is 14.9 Å². The second-order valence-electron chi connectivity index (χ2n) is 5.53. The summed E-state index contributed by atoms with van der Waals surface area (Å²) in [5.41, 5.74) is 1.97. The van der Waals surface area contributed by atoms with Crippen molar-refractivity contribution in [3.05, 3.63) is 46.5 Å². The van der Waals surface area contributed by atoms with E-state index < -0.39 is 0 Å². The molecule has 0 aromatic heterocycles. The Kier molecular flexibility index (Phi) is 2.77. The van der Waals surface area contributed by atoms with E-state index in [0.29, 0.717) is 10.8 Å². The Morgan fingerprint density at radius 1 is 0.952 bits per heavy atom. The van der Waals surface area contributed by atoms with E-state index in [0.717, 1.165) is 30.0 Å². The number of hydrogen-bond acceptors (Lipinski definition) is 4. The monoisotopic (exact) mass is 303 g/mol. The van der Waals surface area contributed by atoms with Crippen molar-refractivity contribution in [2.75, 3.05) is 13.1 Å². The topological polar surface area (TPSA) is 61.7 Å². The van der Waals surface area contributed by atoms with Crippen molar-refractivity contribution in [1.29, 1.82) is 0 Å². The van der Waals surface area contributed by atoms with Crippen molar-refractivity contribution >= 4 is 11.6 Å². The van der Waals surface area contributed by atoms with Crippen molar-refractivity contribution in [2.45, 2.75) is 11.8 Å². The second kappa shape index (κ2) is 4.55. The summed E-state index contributed by atoms with van der Waals surface area (Å²) in [5, 5.41) is 23.6. The van der Waals surface area contributed by atoms with E-state index in [1.807, 2.05) is 12.1 Å². The lowest BCUT2D eigenvalue weighted by Crippen LogP contribution is -2.08. The van der Waals surface area contributed by atoms with Gasteiger partial charge < -0.3 is 20.3 Å². The van der Waals surface area contributed by atoms with E-state index in [9.17, 15) is 10.2 Å². The average Bonchev–Trinajstić information content (AvgIpc) is 2.89. The van der Waals surface area contributed by atoms with Crippen LogP contribution in [0.15, 0.2) is 30.3 Å². The largest absolute Gasteiger partial charge is 0.504 e. The van der Waals surface area contributed by atoms with Gasteiger partial charge in [0.05, 0.1) is 0 Å². The molecule has 1 saturated heterocycles. The first-order valence-electron chi connectivity index (χ1n) is 6.87. The second-order valence-corrected chi connectivity index (χ2v) is 5.97. The summed E-state index contributed by atoms with van der Waals surface area (Å²) >= 11 is 6.13. The van der Waals surface area contributed by atoms with Gasteiger partial charge in [-0.25, -0.2) is 0 Å². The van der Waals surface area contributed by atoms with Gasteiger partial charge in [-0.1, -0.05) is 11.6 Å². The van der Waals surface area contributed by atoms with Gasteiger partial charge in [0.1, 0.15) is 11.5 Å². The lowest BCUT2D eigenvalue weighted by Gasteiger charge is -2.17. The Hall–Kier alpha value is -1.91. The number of benzene rings is 2. The van der Waals surface area contributed by atoms with Crippen molar-refractivity contribution in [1.82, 2.24) is 5.32 Å². The first-order chi connectivity index (χ1) is 10.1. The summed E-state index contributed by atoms with van der Waals surface area (Å²) in [5.74, 6) is 1.47. The summed E-state index contributed by atoms with van der Waals surface area (Å²) < 4.78 is 5.97. The number of phenols is 2. The van der Waals surface area contributed by atoms with E-state index in [2.05, 4.69) is 5.32 Å². The van der Waals surface area contributed by atoms with Crippen molar-refractivity contribution in [2.24, 2.45) is 0 Å². The molecule has 2 aliphatic heterocycles. The van der Waals surface area contributed by atoms with Crippen LogP contribution in [-0.2, 0) is 0 Å². The molecular formula is C16H14ClNO3. The summed E-state index contributed by atoms with van der Waals surface area (Å²) in [7, 11) is 0. The summed E-state index contributed by atoms with van der Waals surface area (Å²) in [6.07, 6.45) is 0. The highest BCUT2D eigenvalue weighted by Crippen LogP contribution is 2.50. The molecule has 4 nitrogen and oxygen atoms in total. The molecule has 5 heteroatoms. The number of hydrogen-bond donors (Lipinski definition) is 3. The van der Waals surface area contributed by atoms with E-state index in [1.54, 1.807) is 12.1 Å². The molecule has 0 amide bonds. The molecule has 21 heavy (non-hydrogen) atoms. The Morgan fingerprint density at radius 2 is 1.62 bits per heavy atom. The zero-order valence-corrected chi connectivity index (χ0v) is 11.9. The van der Waals surface area contributed by atoms with E-state index >= 15 is 0 Å². The van der Waals surface area contributed by atoms with Crippen LogP contribution in [0.4, 0.5) is 0 Å².